The Labute approximate surface area is 178 Å². The van der Waals surface area contributed by atoms with Gasteiger partial charge in [-0.25, -0.2) is 0 Å². The van der Waals surface area contributed by atoms with Gasteiger partial charge in [-0.15, -0.1) is 0 Å². The Balaban J connectivity index is 2.18. The SMILES string of the molecule is CCCCc1c(C(C)c2ccccc2)cc(C(C)C)cc1C(C)c1ccccc1. The third kappa shape index (κ3) is 4.99. The molecule has 3 rings (SSSR count). The fourth-order valence-corrected chi connectivity index (χ4v) is 4.33. The molecule has 0 saturated heterocycles. The summed E-state index contributed by atoms with van der Waals surface area (Å²) in [5.74, 6) is 1.34. The van der Waals surface area contributed by atoms with Gasteiger partial charge in [-0.05, 0) is 52.1 Å². The second-order valence-corrected chi connectivity index (χ2v) is 8.70. The maximum Gasteiger partial charge on any atom is 0.00639 e. The summed E-state index contributed by atoms with van der Waals surface area (Å²) >= 11 is 0. The smallest absolute Gasteiger partial charge is 0.00639 e. The van der Waals surface area contributed by atoms with E-state index in [1.165, 1.54) is 40.7 Å². The average Bonchev–Trinajstić information content (AvgIpc) is 2.77. The molecular formula is C29H36. The van der Waals surface area contributed by atoms with Crippen molar-refractivity contribution in [1.82, 2.24) is 0 Å². The Bertz CT molecular complexity index is 823. The first-order valence-corrected chi connectivity index (χ1v) is 11.3. The average molecular weight is 385 g/mol. The van der Waals surface area contributed by atoms with Crippen molar-refractivity contribution in [1.29, 1.82) is 0 Å². The summed E-state index contributed by atoms with van der Waals surface area (Å²) < 4.78 is 0. The Morgan fingerprint density at radius 3 is 1.45 bits per heavy atom. The van der Waals surface area contributed by atoms with E-state index in [2.05, 4.69) is 107 Å². The minimum Gasteiger partial charge on any atom is -0.0654 e. The molecule has 3 aromatic carbocycles. The van der Waals surface area contributed by atoms with E-state index in [1.807, 2.05) is 0 Å². The zero-order chi connectivity index (χ0) is 20.8. The van der Waals surface area contributed by atoms with Crippen LogP contribution in [0.25, 0.3) is 0 Å². The third-order valence-electron chi connectivity index (χ3n) is 6.32. The zero-order valence-electron chi connectivity index (χ0n) is 18.8. The maximum absolute atomic E-state index is 2.49. The van der Waals surface area contributed by atoms with E-state index in [0.717, 1.165) is 6.42 Å². The molecule has 0 nitrogen and oxygen atoms in total. The van der Waals surface area contributed by atoms with E-state index in [1.54, 1.807) is 5.56 Å². The molecule has 3 aromatic rings. The number of unbranched alkanes of at least 4 members (excludes halogenated alkanes) is 1. The largest absolute Gasteiger partial charge is 0.0654 e. The van der Waals surface area contributed by atoms with E-state index in [0.29, 0.717) is 17.8 Å². The van der Waals surface area contributed by atoms with E-state index in [4.69, 9.17) is 0 Å². The van der Waals surface area contributed by atoms with Gasteiger partial charge in [-0.2, -0.15) is 0 Å². The van der Waals surface area contributed by atoms with Crippen LogP contribution in [0, 0.1) is 0 Å². The third-order valence-corrected chi connectivity index (χ3v) is 6.32. The van der Waals surface area contributed by atoms with Crippen molar-refractivity contribution in [2.24, 2.45) is 0 Å². The van der Waals surface area contributed by atoms with Crippen LogP contribution in [0.15, 0.2) is 72.8 Å². The number of rotatable bonds is 8. The monoisotopic (exact) mass is 384 g/mol. The lowest BCUT2D eigenvalue weighted by Gasteiger charge is -2.26. The highest BCUT2D eigenvalue weighted by molar-refractivity contribution is 5.49. The molecule has 0 N–H and O–H groups in total. The Kier molecular flexibility index (Phi) is 7.31. The molecule has 0 amide bonds. The molecule has 0 fully saturated rings. The number of hydrogen-bond acceptors (Lipinski definition) is 0. The van der Waals surface area contributed by atoms with Crippen LogP contribution in [0.2, 0.25) is 0 Å². The molecule has 0 heteroatoms. The molecule has 29 heavy (non-hydrogen) atoms. The molecule has 0 spiro atoms. The van der Waals surface area contributed by atoms with Gasteiger partial charge in [0.05, 0.1) is 0 Å². The lowest BCUT2D eigenvalue weighted by atomic mass is 9.78. The van der Waals surface area contributed by atoms with Crippen molar-refractivity contribution in [2.45, 2.75) is 71.6 Å². The van der Waals surface area contributed by atoms with Crippen molar-refractivity contribution in [2.75, 3.05) is 0 Å². The second-order valence-electron chi connectivity index (χ2n) is 8.70. The maximum atomic E-state index is 2.49. The number of benzene rings is 3. The van der Waals surface area contributed by atoms with Gasteiger partial charge in [0, 0.05) is 11.8 Å². The van der Waals surface area contributed by atoms with Crippen molar-refractivity contribution < 1.29 is 0 Å². The first kappa shape index (κ1) is 21.4. The molecule has 0 heterocycles. The van der Waals surface area contributed by atoms with Crippen molar-refractivity contribution in [3.63, 3.8) is 0 Å². The van der Waals surface area contributed by atoms with E-state index >= 15 is 0 Å². The summed E-state index contributed by atoms with van der Waals surface area (Å²) in [7, 11) is 0. The van der Waals surface area contributed by atoms with Gasteiger partial charge in [-0.3, -0.25) is 0 Å². The van der Waals surface area contributed by atoms with Gasteiger partial charge in [0.2, 0.25) is 0 Å². The first-order valence-electron chi connectivity index (χ1n) is 11.3. The van der Waals surface area contributed by atoms with Crippen LogP contribution in [-0.4, -0.2) is 0 Å². The van der Waals surface area contributed by atoms with Crippen LogP contribution in [-0.2, 0) is 6.42 Å². The van der Waals surface area contributed by atoms with Gasteiger partial charge < -0.3 is 0 Å². The molecular weight excluding hydrogens is 348 g/mol. The molecule has 0 aliphatic heterocycles. The van der Waals surface area contributed by atoms with Crippen LogP contribution in [0.4, 0.5) is 0 Å². The summed E-state index contributed by atoms with van der Waals surface area (Å²) in [6.07, 6.45) is 3.63. The lowest BCUT2D eigenvalue weighted by molar-refractivity contribution is 0.749. The molecule has 0 bridgehead atoms. The van der Waals surface area contributed by atoms with Crippen molar-refractivity contribution in [3.05, 3.63) is 106 Å². The van der Waals surface area contributed by atoms with Crippen LogP contribution in [0.3, 0.4) is 0 Å². The predicted octanol–water partition coefficient (Wildman–Crippen LogP) is 8.46. The topological polar surface area (TPSA) is 0 Å². The highest BCUT2D eigenvalue weighted by atomic mass is 14.3. The van der Waals surface area contributed by atoms with Gasteiger partial charge in [0.1, 0.15) is 0 Å². The fraction of sp³-hybridized carbons (Fsp3) is 0.379. The zero-order valence-corrected chi connectivity index (χ0v) is 18.8. The molecule has 0 aromatic heterocycles. The molecule has 2 atom stereocenters. The summed E-state index contributed by atoms with van der Waals surface area (Å²) in [5, 5.41) is 0. The minimum absolute atomic E-state index is 0.406. The summed E-state index contributed by atoms with van der Waals surface area (Å²) in [6.45, 7) is 11.7. The highest BCUT2D eigenvalue weighted by Crippen LogP contribution is 2.37. The molecule has 152 valence electrons. The highest BCUT2D eigenvalue weighted by Gasteiger charge is 2.21. The van der Waals surface area contributed by atoms with Crippen LogP contribution >= 0.6 is 0 Å². The molecule has 0 aliphatic rings. The van der Waals surface area contributed by atoms with Gasteiger partial charge in [0.15, 0.2) is 0 Å². The molecule has 0 radical (unpaired) electrons. The standard InChI is InChI=1S/C29H36/c1-6-7-18-27-28(22(4)24-14-10-8-11-15-24)19-26(21(2)3)20-29(27)23(5)25-16-12-9-13-17-25/h8-17,19-23H,6-7,18H2,1-5H3. The fourth-order valence-electron chi connectivity index (χ4n) is 4.33. The molecule has 2 unspecified atom stereocenters. The van der Waals surface area contributed by atoms with Crippen LogP contribution < -0.4 is 0 Å². The summed E-state index contributed by atoms with van der Waals surface area (Å²) in [4.78, 5) is 0. The molecule has 0 saturated carbocycles. The Hall–Kier alpha value is -2.34. The van der Waals surface area contributed by atoms with E-state index in [-0.39, 0.29) is 0 Å². The van der Waals surface area contributed by atoms with Crippen LogP contribution in [0.1, 0.15) is 98.6 Å². The number of hydrogen-bond donors (Lipinski definition) is 0. The van der Waals surface area contributed by atoms with Gasteiger partial charge >= 0.3 is 0 Å². The van der Waals surface area contributed by atoms with Crippen molar-refractivity contribution in [3.8, 4) is 0 Å². The Morgan fingerprint density at radius 1 is 0.621 bits per heavy atom. The van der Waals surface area contributed by atoms with Gasteiger partial charge in [0.25, 0.3) is 0 Å². The van der Waals surface area contributed by atoms with Gasteiger partial charge in [-0.1, -0.05) is 114 Å². The normalized spacial score (nSPS) is 13.4. The summed E-state index contributed by atoms with van der Waals surface area (Å²) in [5.41, 5.74) is 8.89. The first-order chi connectivity index (χ1) is 14.0. The predicted molar refractivity (Wildman–Crippen MR) is 127 cm³/mol. The molecule has 0 aliphatic carbocycles. The van der Waals surface area contributed by atoms with Crippen LogP contribution in [0.5, 0.6) is 0 Å². The quantitative estimate of drug-likeness (QED) is 0.365. The van der Waals surface area contributed by atoms with E-state index in [9.17, 15) is 0 Å². The minimum atomic E-state index is 0.406. The summed E-state index contributed by atoms with van der Waals surface area (Å²) in [6, 6.07) is 27.0. The van der Waals surface area contributed by atoms with Crippen molar-refractivity contribution >= 4 is 0 Å². The second kappa shape index (κ2) is 9.92. The lowest BCUT2D eigenvalue weighted by Crippen LogP contribution is -2.10. The Morgan fingerprint density at radius 2 is 1.07 bits per heavy atom. The van der Waals surface area contributed by atoms with E-state index < -0.39 is 0 Å².